The molecule has 0 radical (unpaired) electrons. The number of esters is 1. The molecular formula is C12H13FN2O2S. The summed E-state index contributed by atoms with van der Waals surface area (Å²) in [5, 5.41) is 6.07. The Kier molecular flexibility index (Phi) is 3.76. The Morgan fingerprint density at radius 3 is 2.67 bits per heavy atom. The van der Waals surface area contributed by atoms with Crippen molar-refractivity contribution in [3.8, 4) is 0 Å². The molecule has 0 spiro atoms. The molecule has 1 heterocycles. The lowest BCUT2D eigenvalue weighted by Gasteiger charge is -2.13. The number of anilines is 1. The van der Waals surface area contributed by atoms with Gasteiger partial charge in [0.1, 0.15) is 18.0 Å². The Morgan fingerprint density at radius 2 is 2.11 bits per heavy atom. The molecule has 1 aliphatic heterocycles. The van der Waals surface area contributed by atoms with E-state index in [1.807, 2.05) is 6.92 Å². The van der Waals surface area contributed by atoms with E-state index >= 15 is 0 Å². The molecule has 0 saturated carbocycles. The highest BCUT2D eigenvalue weighted by Gasteiger charge is 2.32. The Bertz CT molecular complexity index is 464. The number of cyclic esters (lactones) is 1. The molecule has 2 rings (SSSR count). The summed E-state index contributed by atoms with van der Waals surface area (Å²) in [5.41, 5.74) is 0.660. The van der Waals surface area contributed by atoms with Gasteiger partial charge in [-0.2, -0.15) is 0 Å². The fraction of sp³-hybridized carbons (Fsp3) is 0.333. The van der Waals surface area contributed by atoms with Gasteiger partial charge in [0.25, 0.3) is 0 Å². The van der Waals surface area contributed by atoms with E-state index in [-0.39, 0.29) is 17.9 Å². The molecule has 0 amide bonds. The van der Waals surface area contributed by atoms with Crippen LogP contribution in [0.5, 0.6) is 0 Å². The van der Waals surface area contributed by atoms with E-state index in [1.54, 1.807) is 12.1 Å². The summed E-state index contributed by atoms with van der Waals surface area (Å²) in [7, 11) is 0. The van der Waals surface area contributed by atoms with Crippen molar-refractivity contribution in [2.24, 2.45) is 0 Å². The maximum absolute atomic E-state index is 12.7. The van der Waals surface area contributed by atoms with E-state index in [0.717, 1.165) is 0 Å². The smallest absolute Gasteiger partial charge is 0.329 e. The first-order valence-electron chi connectivity index (χ1n) is 5.58. The van der Waals surface area contributed by atoms with Crippen LogP contribution in [0.4, 0.5) is 10.1 Å². The van der Waals surface area contributed by atoms with Crippen LogP contribution >= 0.6 is 12.2 Å². The average molecular weight is 268 g/mol. The minimum atomic E-state index is -0.416. The van der Waals surface area contributed by atoms with Crippen LogP contribution in [0.3, 0.4) is 0 Å². The van der Waals surface area contributed by atoms with E-state index in [9.17, 15) is 9.18 Å². The molecule has 1 aromatic carbocycles. The summed E-state index contributed by atoms with van der Waals surface area (Å²) in [4.78, 5) is 11.4. The Hall–Kier alpha value is -1.69. The van der Waals surface area contributed by atoms with Crippen molar-refractivity contribution in [2.75, 3.05) is 5.32 Å². The van der Waals surface area contributed by atoms with Crippen LogP contribution in [-0.2, 0) is 9.53 Å². The Balaban J connectivity index is 1.89. The number of carbonyl (C=O) groups is 1. The first kappa shape index (κ1) is 12.8. The zero-order valence-corrected chi connectivity index (χ0v) is 10.6. The topological polar surface area (TPSA) is 50.4 Å². The SMILES string of the molecule is C[C@@H]1C[C@@H](NC(=S)Nc2ccc(F)cc2)C(=O)O1. The van der Waals surface area contributed by atoms with Crippen LogP contribution in [0.25, 0.3) is 0 Å². The molecule has 96 valence electrons. The maximum atomic E-state index is 12.7. The van der Waals surface area contributed by atoms with E-state index in [0.29, 0.717) is 17.2 Å². The zero-order valence-electron chi connectivity index (χ0n) is 9.77. The summed E-state index contributed by atoms with van der Waals surface area (Å²) in [6.07, 6.45) is 0.494. The van der Waals surface area contributed by atoms with E-state index in [4.69, 9.17) is 17.0 Å². The number of ether oxygens (including phenoxy) is 1. The van der Waals surface area contributed by atoms with Gasteiger partial charge in [-0.25, -0.2) is 9.18 Å². The minimum Gasteiger partial charge on any atom is -0.461 e. The van der Waals surface area contributed by atoms with Crippen LogP contribution in [-0.4, -0.2) is 23.2 Å². The van der Waals surface area contributed by atoms with E-state index < -0.39 is 6.04 Å². The number of benzene rings is 1. The molecule has 1 saturated heterocycles. The summed E-state index contributed by atoms with van der Waals surface area (Å²) in [5.74, 6) is -0.613. The maximum Gasteiger partial charge on any atom is 0.329 e. The number of thiocarbonyl (C=S) groups is 1. The van der Waals surface area contributed by atoms with Crippen LogP contribution in [0.15, 0.2) is 24.3 Å². The highest BCUT2D eigenvalue weighted by Crippen LogP contribution is 2.14. The molecule has 2 N–H and O–H groups in total. The summed E-state index contributed by atoms with van der Waals surface area (Å²) in [6.45, 7) is 1.83. The van der Waals surface area contributed by atoms with Crippen LogP contribution in [0.2, 0.25) is 0 Å². The van der Waals surface area contributed by atoms with Gasteiger partial charge in [0.2, 0.25) is 0 Å². The van der Waals surface area contributed by atoms with Gasteiger partial charge in [0.15, 0.2) is 5.11 Å². The molecule has 1 aromatic rings. The van der Waals surface area contributed by atoms with Crippen molar-refractivity contribution < 1.29 is 13.9 Å². The van der Waals surface area contributed by atoms with Gasteiger partial charge in [-0.3, -0.25) is 0 Å². The van der Waals surface area contributed by atoms with Crippen molar-refractivity contribution in [1.82, 2.24) is 5.32 Å². The molecule has 2 atom stereocenters. The molecular weight excluding hydrogens is 255 g/mol. The normalized spacial score (nSPS) is 22.4. The molecule has 4 nitrogen and oxygen atoms in total. The Morgan fingerprint density at radius 1 is 1.44 bits per heavy atom. The van der Waals surface area contributed by atoms with Gasteiger partial charge in [-0.15, -0.1) is 0 Å². The lowest BCUT2D eigenvalue weighted by molar-refractivity contribution is -0.142. The van der Waals surface area contributed by atoms with E-state index in [1.165, 1.54) is 12.1 Å². The average Bonchev–Trinajstić information content (AvgIpc) is 2.61. The van der Waals surface area contributed by atoms with Gasteiger partial charge >= 0.3 is 5.97 Å². The lowest BCUT2D eigenvalue weighted by atomic mass is 10.2. The second-order valence-corrected chi connectivity index (χ2v) is 4.55. The number of halogens is 1. The largest absolute Gasteiger partial charge is 0.461 e. The van der Waals surface area contributed by atoms with Crippen molar-refractivity contribution >= 4 is 29.0 Å². The predicted molar refractivity (Wildman–Crippen MR) is 69.7 cm³/mol. The predicted octanol–water partition coefficient (Wildman–Crippen LogP) is 1.82. The van der Waals surface area contributed by atoms with Gasteiger partial charge < -0.3 is 15.4 Å². The quantitative estimate of drug-likeness (QED) is 0.633. The van der Waals surface area contributed by atoms with Crippen molar-refractivity contribution in [2.45, 2.75) is 25.5 Å². The zero-order chi connectivity index (χ0) is 13.1. The third-order valence-corrected chi connectivity index (χ3v) is 2.80. The van der Waals surface area contributed by atoms with Gasteiger partial charge in [0, 0.05) is 12.1 Å². The molecule has 1 fully saturated rings. The molecule has 0 unspecified atom stereocenters. The third kappa shape index (κ3) is 3.16. The summed E-state index contributed by atoms with van der Waals surface area (Å²) in [6, 6.07) is 5.38. The van der Waals surface area contributed by atoms with Crippen molar-refractivity contribution in [1.29, 1.82) is 0 Å². The number of carbonyl (C=O) groups excluding carboxylic acids is 1. The molecule has 1 aliphatic rings. The standard InChI is InChI=1S/C12H13FN2O2S/c1-7-6-10(11(16)17-7)15-12(18)14-9-4-2-8(13)3-5-9/h2-5,7,10H,6H2,1H3,(H2,14,15,18)/t7-,10-/m1/s1. The number of rotatable bonds is 2. The monoisotopic (exact) mass is 268 g/mol. The van der Waals surface area contributed by atoms with Crippen LogP contribution < -0.4 is 10.6 Å². The van der Waals surface area contributed by atoms with Crippen LogP contribution in [0.1, 0.15) is 13.3 Å². The fourth-order valence-electron chi connectivity index (χ4n) is 1.73. The summed E-state index contributed by atoms with van der Waals surface area (Å²) >= 11 is 5.07. The number of nitrogens with one attached hydrogen (secondary N) is 2. The molecule has 0 aromatic heterocycles. The highest BCUT2D eigenvalue weighted by molar-refractivity contribution is 7.80. The molecule has 0 aliphatic carbocycles. The highest BCUT2D eigenvalue weighted by atomic mass is 32.1. The second-order valence-electron chi connectivity index (χ2n) is 4.14. The number of hydrogen-bond acceptors (Lipinski definition) is 3. The van der Waals surface area contributed by atoms with Crippen molar-refractivity contribution in [3.05, 3.63) is 30.1 Å². The van der Waals surface area contributed by atoms with Crippen molar-refractivity contribution in [3.63, 3.8) is 0 Å². The van der Waals surface area contributed by atoms with Gasteiger partial charge in [-0.1, -0.05) is 0 Å². The van der Waals surface area contributed by atoms with Gasteiger partial charge in [-0.05, 0) is 43.4 Å². The molecule has 0 bridgehead atoms. The molecule has 6 heteroatoms. The first-order chi connectivity index (χ1) is 8.54. The first-order valence-corrected chi connectivity index (χ1v) is 5.99. The number of hydrogen-bond donors (Lipinski definition) is 2. The minimum absolute atomic E-state index is 0.0939. The third-order valence-electron chi connectivity index (χ3n) is 2.58. The van der Waals surface area contributed by atoms with Crippen LogP contribution in [0, 0.1) is 5.82 Å². The fourth-order valence-corrected chi connectivity index (χ4v) is 1.99. The van der Waals surface area contributed by atoms with E-state index in [2.05, 4.69) is 10.6 Å². The molecule has 18 heavy (non-hydrogen) atoms. The second kappa shape index (κ2) is 5.30. The van der Waals surface area contributed by atoms with Gasteiger partial charge in [0.05, 0.1) is 0 Å². The lowest BCUT2D eigenvalue weighted by Crippen LogP contribution is -2.40. The Labute approximate surface area is 110 Å². The summed E-state index contributed by atoms with van der Waals surface area (Å²) < 4.78 is 17.7.